The van der Waals surface area contributed by atoms with E-state index in [0.717, 1.165) is 41.3 Å². The lowest BCUT2D eigenvalue weighted by Crippen LogP contribution is -2.26. The van der Waals surface area contributed by atoms with Gasteiger partial charge in [0.05, 0.1) is 24.1 Å². The first-order valence-electron chi connectivity index (χ1n) is 13.3. The zero-order valence-electron chi connectivity index (χ0n) is 22.1. The van der Waals surface area contributed by atoms with E-state index in [1.165, 1.54) is 11.1 Å². The van der Waals surface area contributed by atoms with Gasteiger partial charge in [-0.05, 0) is 35.6 Å². The van der Waals surface area contributed by atoms with Gasteiger partial charge in [0.15, 0.2) is 0 Å². The summed E-state index contributed by atoms with van der Waals surface area (Å²) in [5, 5.41) is 0. The molecule has 2 heterocycles. The van der Waals surface area contributed by atoms with Crippen LogP contribution < -0.4 is 9.64 Å². The van der Waals surface area contributed by atoms with Crippen molar-refractivity contribution >= 4 is 12.0 Å². The second-order valence-corrected chi connectivity index (χ2v) is 9.85. The normalized spacial score (nSPS) is 15.1. The van der Waals surface area contributed by atoms with Gasteiger partial charge in [-0.2, -0.15) is 0 Å². The highest BCUT2D eigenvalue weighted by atomic mass is 16.7. The zero-order valence-corrected chi connectivity index (χ0v) is 22.1. The van der Waals surface area contributed by atoms with Gasteiger partial charge in [-0.25, -0.2) is 9.78 Å². The Morgan fingerprint density at radius 1 is 0.974 bits per heavy atom. The number of carbonyl (C=O) groups excluding carboxylic acids is 1. The van der Waals surface area contributed by atoms with Crippen LogP contribution in [0.1, 0.15) is 44.2 Å². The van der Waals surface area contributed by atoms with E-state index >= 15 is 0 Å². The van der Waals surface area contributed by atoms with E-state index in [2.05, 4.69) is 68.1 Å². The largest absolute Gasteiger partial charge is 0.514 e. The molecule has 6 heteroatoms. The van der Waals surface area contributed by atoms with Gasteiger partial charge < -0.3 is 14.4 Å². The van der Waals surface area contributed by atoms with Crippen LogP contribution in [0.4, 0.5) is 10.6 Å². The Morgan fingerprint density at radius 2 is 1.71 bits per heavy atom. The van der Waals surface area contributed by atoms with Gasteiger partial charge in [0, 0.05) is 24.1 Å². The van der Waals surface area contributed by atoms with Crippen molar-refractivity contribution in [3.05, 3.63) is 96.2 Å². The number of aromatic nitrogens is 2. The van der Waals surface area contributed by atoms with Crippen LogP contribution in [0.3, 0.4) is 0 Å². The van der Waals surface area contributed by atoms with E-state index in [-0.39, 0.29) is 6.10 Å². The third-order valence-electron chi connectivity index (χ3n) is 6.94. The molecule has 6 nitrogen and oxygen atoms in total. The highest BCUT2D eigenvalue weighted by molar-refractivity contribution is 5.80. The van der Waals surface area contributed by atoms with Crippen LogP contribution in [0, 0.1) is 0 Å². The van der Waals surface area contributed by atoms with Gasteiger partial charge in [0.25, 0.3) is 0 Å². The number of ether oxygens (including phenoxy) is 2. The lowest BCUT2D eigenvalue weighted by atomic mass is 9.96. The van der Waals surface area contributed by atoms with Crippen molar-refractivity contribution in [2.75, 3.05) is 18.0 Å². The van der Waals surface area contributed by atoms with Crippen molar-refractivity contribution in [3.8, 4) is 28.3 Å². The third-order valence-corrected chi connectivity index (χ3v) is 6.94. The minimum absolute atomic E-state index is 0.275. The van der Waals surface area contributed by atoms with Gasteiger partial charge >= 0.3 is 6.16 Å². The number of anilines is 1. The van der Waals surface area contributed by atoms with Crippen molar-refractivity contribution in [1.82, 2.24) is 9.97 Å². The Kier molecular flexibility index (Phi) is 7.68. The predicted octanol–water partition coefficient (Wildman–Crippen LogP) is 7.29. The molecule has 0 saturated carbocycles. The number of hydrogen-bond acceptors (Lipinski definition) is 6. The first kappa shape index (κ1) is 25.5. The van der Waals surface area contributed by atoms with Crippen molar-refractivity contribution < 1.29 is 14.3 Å². The molecule has 5 rings (SSSR count). The molecule has 1 saturated heterocycles. The number of rotatable bonds is 7. The number of nitrogens with zero attached hydrogens (tertiary/aromatic N) is 3. The fourth-order valence-electron chi connectivity index (χ4n) is 4.79. The predicted molar refractivity (Wildman–Crippen MR) is 151 cm³/mol. The van der Waals surface area contributed by atoms with Crippen LogP contribution in [-0.2, 0) is 11.2 Å². The lowest BCUT2D eigenvalue weighted by molar-refractivity contribution is 0.0669. The molecule has 3 aromatic carbocycles. The number of benzene rings is 3. The Balaban J connectivity index is 1.40. The van der Waals surface area contributed by atoms with Gasteiger partial charge in [-0.15, -0.1) is 0 Å². The number of hydrogen-bond donors (Lipinski definition) is 0. The van der Waals surface area contributed by atoms with Crippen LogP contribution in [0.15, 0.2) is 85.1 Å². The molecule has 4 aromatic rings. The average molecular weight is 508 g/mol. The smallest absolute Gasteiger partial charge is 0.429 e. The SMILES string of the molecule is CCc1ccccc1-c1nc(N2CCC(OC(=O)Oc3ccccc3)C2)cnc1-c1ccc(C(C)C)cc1. The summed E-state index contributed by atoms with van der Waals surface area (Å²) in [7, 11) is 0. The van der Waals surface area contributed by atoms with E-state index in [0.29, 0.717) is 24.6 Å². The second kappa shape index (κ2) is 11.5. The van der Waals surface area contributed by atoms with Crippen LogP contribution in [0.2, 0.25) is 0 Å². The summed E-state index contributed by atoms with van der Waals surface area (Å²) >= 11 is 0. The standard InChI is InChI=1S/C32H33N3O3/c1-4-23-10-8-9-13-28(23)31-30(25-16-14-24(15-17-25)22(2)3)33-20-29(34-31)35-19-18-27(21-35)38-32(36)37-26-11-6-5-7-12-26/h5-17,20,22,27H,4,18-19,21H2,1-3H3. The summed E-state index contributed by atoms with van der Waals surface area (Å²) in [6.45, 7) is 7.80. The Morgan fingerprint density at radius 3 is 2.45 bits per heavy atom. The molecule has 0 bridgehead atoms. The van der Waals surface area contributed by atoms with Crippen molar-refractivity contribution in [1.29, 1.82) is 0 Å². The van der Waals surface area contributed by atoms with Crippen LogP contribution >= 0.6 is 0 Å². The summed E-state index contributed by atoms with van der Waals surface area (Å²) in [5.74, 6) is 1.71. The maximum absolute atomic E-state index is 12.3. The van der Waals surface area contributed by atoms with Gasteiger partial charge in [-0.1, -0.05) is 87.5 Å². The fourth-order valence-corrected chi connectivity index (χ4v) is 4.79. The summed E-state index contributed by atoms with van der Waals surface area (Å²) in [5.41, 5.74) is 6.38. The molecule has 0 aliphatic carbocycles. The zero-order chi connectivity index (χ0) is 26.5. The molecule has 38 heavy (non-hydrogen) atoms. The summed E-state index contributed by atoms with van der Waals surface area (Å²) in [6, 6.07) is 25.9. The van der Waals surface area contributed by atoms with Crippen molar-refractivity contribution in [2.24, 2.45) is 0 Å². The number of carbonyl (C=O) groups is 1. The molecule has 0 radical (unpaired) electrons. The third kappa shape index (κ3) is 5.70. The first-order chi connectivity index (χ1) is 18.5. The Bertz CT molecular complexity index is 1390. The summed E-state index contributed by atoms with van der Waals surface area (Å²) in [4.78, 5) is 24.5. The topological polar surface area (TPSA) is 64.6 Å². The molecule has 0 spiro atoms. The van der Waals surface area contributed by atoms with Crippen molar-refractivity contribution in [2.45, 2.75) is 45.6 Å². The van der Waals surface area contributed by atoms with Gasteiger partial charge in [0.2, 0.25) is 0 Å². The minimum atomic E-state index is -0.688. The molecule has 1 fully saturated rings. The van der Waals surface area contributed by atoms with E-state index in [9.17, 15) is 4.79 Å². The maximum Gasteiger partial charge on any atom is 0.514 e. The highest BCUT2D eigenvalue weighted by Crippen LogP contribution is 2.34. The molecule has 1 atom stereocenters. The molecular formula is C32H33N3O3. The number of aryl methyl sites for hydroxylation is 1. The summed E-state index contributed by atoms with van der Waals surface area (Å²) in [6.07, 6.45) is 2.46. The van der Waals surface area contributed by atoms with Crippen LogP contribution in [0.5, 0.6) is 5.75 Å². The monoisotopic (exact) mass is 507 g/mol. The lowest BCUT2D eigenvalue weighted by Gasteiger charge is -2.20. The Labute approximate surface area is 224 Å². The van der Waals surface area contributed by atoms with Crippen LogP contribution in [-0.4, -0.2) is 35.3 Å². The minimum Gasteiger partial charge on any atom is -0.429 e. The molecule has 1 unspecified atom stereocenters. The molecule has 1 aliphatic rings. The molecule has 1 aromatic heterocycles. The molecule has 194 valence electrons. The van der Waals surface area contributed by atoms with E-state index in [4.69, 9.17) is 19.4 Å². The highest BCUT2D eigenvalue weighted by Gasteiger charge is 2.28. The molecule has 0 N–H and O–H groups in total. The second-order valence-electron chi connectivity index (χ2n) is 9.85. The van der Waals surface area contributed by atoms with Crippen LogP contribution in [0.25, 0.3) is 22.5 Å². The molecule has 1 aliphatic heterocycles. The first-order valence-corrected chi connectivity index (χ1v) is 13.3. The van der Waals surface area contributed by atoms with E-state index < -0.39 is 6.16 Å². The van der Waals surface area contributed by atoms with E-state index in [1.807, 2.05) is 30.5 Å². The molecule has 0 amide bonds. The van der Waals surface area contributed by atoms with E-state index in [1.54, 1.807) is 12.1 Å². The quantitative estimate of drug-likeness (QED) is 0.193. The Hall–Kier alpha value is -4.19. The maximum atomic E-state index is 12.3. The molecular weight excluding hydrogens is 474 g/mol. The number of para-hydroxylation sites is 1. The fraction of sp³-hybridized carbons (Fsp3) is 0.281. The van der Waals surface area contributed by atoms with Gasteiger partial charge in [-0.3, -0.25) is 4.98 Å². The average Bonchev–Trinajstić information content (AvgIpc) is 3.41. The summed E-state index contributed by atoms with van der Waals surface area (Å²) < 4.78 is 10.9. The van der Waals surface area contributed by atoms with Crippen molar-refractivity contribution in [3.63, 3.8) is 0 Å². The van der Waals surface area contributed by atoms with Gasteiger partial charge in [0.1, 0.15) is 17.7 Å².